The molecular formula is C18H23F2N5O2. The van der Waals surface area contributed by atoms with E-state index >= 15 is 0 Å². The standard InChI is InChI=1S/C18H23F2N5O2/c1-21-18(22-12-14-4-2-3-5-16(14)27-17(19)20)25-9-7-24(8-10-25)13-15-6-11-26-23-15/h2-6,11,17H,7-10,12-13H2,1H3,(H,21,22). The van der Waals surface area contributed by atoms with Crippen molar-refractivity contribution in [3.63, 3.8) is 0 Å². The molecule has 1 saturated heterocycles. The summed E-state index contributed by atoms with van der Waals surface area (Å²) in [5.74, 6) is 0.913. The third-order valence-corrected chi connectivity index (χ3v) is 4.39. The first-order chi connectivity index (χ1) is 13.2. The molecule has 0 saturated carbocycles. The summed E-state index contributed by atoms with van der Waals surface area (Å²) in [6, 6.07) is 8.62. The van der Waals surface area contributed by atoms with Gasteiger partial charge in [0.05, 0.1) is 5.69 Å². The highest BCUT2D eigenvalue weighted by molar-refractivity contribution is 5.80. The van der Waals surface area contributed by atoms with Gasteiger partial charge < -0.3 is 19.5 Å². The molecule has 0 amide bonds. The molecule has 1 aromatic carbocycles. The number of rotatable bonds is 6. The molecule has 1 N–H and O–H groups in total. The lowest BCUT2D eigenvalue weighted by molar-refractivity contribution is -0.0504. The third kappa shape index (κ3) is 5.40. The molecule has 3 rings (SSSR count). The zero-order valence-electron chi connectivity index (χ0n) is 15.1. The summed E-state index contributed by atoms with van der Waals surface area (Å²) in [5, 5.41) is 7.18. The molecule has 9 heteroatoms. The maximum Gasteiger partial charge on any atom is 0.387 e. The van der Waals surface area contributed by atoms with Gasteiger partial charge in [0.25, 0.3) is 0 Å². The topological polar surface area (TPSA) is 66.1 Å². The van der Waals surface area contributed by atoms with E-state index in [0.717, 1.165) is 44.4 Å². The minimum atomic E-state index is -2.84. The minimum Gasteiger partial charge on any atom is -0.434 e. The SMILES string of the molecule is CN=C(NCc1ccccc1OC(F)F)N1CCN(Cc2ccon2)CC1. The molecule has 0 atom stereocenters. The molecule has 0 spiro atoms. The number of halogens is 2. The maximum atomic E-state index is 12.5. The highest BCUT2D eigenvalue weighted by atomic mass is 19.3. The molecule has 2 heterocycles. The number of hydrogen-bond acceptors (Lipinski definition) is 5. The normalized spacial score (nSPS) is 16.0. The monoisotopic (exact) mass is 379 g/mol. The van der Waals surface area contributed by atoms with E-state index in [2.05, 4.69) is 30.0 Å². The van der Waals surface area contributed by atoms with Crippen molar-refractivity contribution in [3.05, 3.63) is 47.9 Å². The first-order valence-electron chi connectivity index (χ1n) is 8.75. The number of nitrogens with one attached hydrogen (secondary N) is 1. The van der Waals surface area contributed by atoms with Crippen LogP contribution in [0.4, 0.5) is 8.78 Å². The number of hydrogen-bond donors (Lipinski definition) is 1. The zero-order valence-corrected chi connectivity index (χ0v) is 15.1. The van der Waals surface area contributed by atoms with E-state index in [1.165, 1.54) is 6.07 Å². The van der Waals surface area contributed by atoms with Crippen LogP contribution >= 0.6 is 0 Å². The minimum absolute atomic E-state index is 0.174. The Hall–Kier alpha value is -2.68. The third-order valence-electron chi connectivity index (χ3n) is 4.39. The molecule has 1 aliphatic rings. The second-order valence-corrected chi connectivity index (χ2v) is 6.14. The van der Waals surface area contributed by atoms with Crippen LogP contribution in [0, 0.1) is 0 Å². The lowest BCUT2D eigenvalue weighted by atomic mass is 10.2. The van der Waals surface area contributed by atoms with Crippen molar-refractivity contribution in [3.8, 4) is 5.75 Å². The van der Waals surface area contributed by atoms with E-state index in [4.69, 9.17) is 4.52 Å². The Morgan fingerprint density at radius 1 is 1.26 bits per heavy atom. The lowest BCUT2D eigenvalue weighted by Gasteiger charge is -2.36. The number of alkyl halides is 2. The van der Waals surface area contributed by atoms with Gasteiger partial charge in [-0.25, -0.2) is 0 Å². The molecule has 27 heavy (non-hydrogen) atoms. The van der Waals surface area contributed by atoms with Gasteiger partial charge >= 0.3 is 6.61 Å². The molecule has 0 unspecified atom stereocenters. The number of aliphatic imine (C=N–C) groups is 1. The van der Waals surface area contributed by atoms with Crippen molar-refractivity contribution in [2.45, 2.75) is 19.7 Å². The van der Waals surface area contributed by atoms with Crippen LogP contribution in [0.5, 0.6) is 5.75 Å². The van der Waals surface area contributed by atoms with Gasteiger partial charge in [0.15, 0.2) is 5.96 Å². The smallest absolute Gasteiger partial charge is 0.387 e. The quantitative estimate of drug-likeness (QED) is 0.613. The van der Waals surface area contributed by atoms with Crippen molar-refractivity contribution in [2.75, 3.05) is 33.2 Å². The number of guanidine groups is 1. The van der Waals surface area contributed by atoms with Crippen molar-refractivity contribution in [1.29, 1.82) is 0 Å². The summed E-state index contributed by atoms with van der Waals surface area (Å²) in [4.78, 5) is 8.76. The van der Waals surface area contributed by atoms with Crippen LogP contribution in [-0.4, -0.2) is 60.8 Å². The molecule has 0 aliphatic carbocycles. The van der Waals surface area contributed by atoms with Gasteiger partial charge in [0.2, 0.25) is 0 Å². The predicted octanol–water partition coefficient (Wildman–Crippen LogP) is 2.17. The van der Waals surface area contributed by atoms with Gasteiger partial charge in [-0.2, -0.15) is 8.78 Å². The number of ether oxygens (including phenoxy) is 1. The Morgan fingerprint density at radius 2 is 2.04 bits per heavy atom. The number of aromatic nitrogens is 1. The predicted molar refractivity (Wildman–Crippen MR) is 96.6 cm³/mol. The van der Waals surface area contributed by atoms with Crippen LogP contribution in [-0.2, 0) is 13.1 Å². The van der Waals surface area contributed by atoms with E-state index < -0.39 is 6.61 Å². The van der Waals surface area contributed by atoms with Gasteiger partial charge in [-0.05, 0) is 6.07 Å². The molecule has 1 fully saturated rings. The summed E-state index contributed by atoms with van der Waals surface area (Å²) >= 11 is 0. The Labute approximate surface area is 156 Å². The number of benzene rings is 1. The van der Waals surface area contributed by atoms with E-state index in [0.29, 0.717) is 12.1 Å². The van der Waals surface area contributed by atoms with Gasteiger partial charge in [-0.15, -0.1) is 0 Å². The lowest BCUT2D eigenvalue weighted by Crippen LogP contribution is -2.52. The van der Waals surface area contributed by atoms with Crippen molar-refractivity contribution >= 4 is 5.96 Å². The fourth-order valence-corrected chi connectivity index (χ4v) is 3.03. The van der Waals surface area contributed by atoms with Crippen molar-refractivity contribution in [2.24, 2.45) is 4.99 Å². The van der Waals surface area contributed by atoms with Crippen molar-refractivity contribution in [1.82, 2.24) is 20.3 Å². The summed E-state index contributed by atoms with van der Waals surface area (Å²) in [7, 11) is 1.71. The average molecular weight is 379 g/mol. The number of piperazine rings is 1. The Bertz CT molecular complexity index is 731. The summed E-state index contributed by atoms with van der Waals surface area (Å²) in [5.41, 5.74) is 1.57. The molecular weight excluding hydrogens is 356 g/mol. The molecule has 7 nitrogen and oxygen atoms in total. The van der Waals surface area contributed by atoms with E-state index in [1.807, 2.05) is 6.07 Å². The first-order valence-corrected chi connectivity index (χ1v) is 8.75. The molecule has 2 aromatic rings. The molecule has 1 aromatic heterocycles. The summed E-state index contributed by atoms with van der Waals surface area (Å²) in [6.45, 7) is 1.64. The molecule has 0 radical (unpaired) electrons. The van der Waals surface area contributed by atoms with Crippen molar-refractivity contribution < 1.29 is 18.0 Å². The number of nitrogens with zero attached hydrogens (tertiary/aromatic N) is 4. The largest absolute Gasteiger partial charge is 0.434 e. The van der Waals surface area contributed by atoms with E-state index in [1.54, 1.807) is 31.5 Å². The average Bonchev–Trinajstić information content (AvgIpc) is 3.17. The highest BCUT2D eigenvalue weighted by Crippen LogP contribution is 2.20. The highest BCUT2D eigenvalue weighted by Gasteiger charge is 2.20. The van der Waals surface area contributed by atoms with Crippen LogP contribution in [0.15, 0.2) is 46.1 Å². The van der Waals surface area contributed by atoms with Crippen LogP contribution in [0.25, 0.3) is 0 Å². The maximum absolute atomic E-state index is 12.5. The second-order valence-electron chi connectivity index (χ2n) is 6.14. The van der Waals surface area contributed by atoms with Crippen LogP contribution < -0.4 is 10.1 Å². The van der Waals surface area contributed by atoms with E-state index in [9.17, 15) is 8.78 Å². The van der Waals surface area contributed by atoms with Gasteiger partial charge in [-0.3, -0.25) is 9.89 Å². The van der Waals surface area contributed by atoms with Crippen LogP contribution in [0.1, 0.15) is 11.3 Å². The second kappa shape index (κ2) is 9.31. The molecule has 1 aliphatic heterocycles. The van der Waals surface area contributed by atoms with Crippen LogP contribution in [0.2, 0.25) is 0 Å². The Morgan fingerprint density at radius 3 is 2.70 bits per heavy atom. The molecule has 146 valence electrons. The summed E-state index contributed by atoms with van der Waals surface area (Å²) in [6.07, 6.45) is 1.58. The fraction of sp³-hybridized carbons (Fsp3) is 0.444. The zero-order chi connectivity index (χ0) is 19.1. The Balaban J connectivity index is 1.52. The molecule has 0 bridgehead atoms. The summed E-state index contributed by atoms with van der Waals surface area (Å²) < 4.78 is 34.5. The van der Waals surface area contributed by atoms with Crippen LogP contribution in [0.3, 0.4) is 0 Å². The number of para-hydroxylation sites is 1. The fourth-order valence-electron chi connectivity index (χ4n) is 3.03. The van der Waals surface area contributed by atoms with Gasteiger partial charge in [-0.1, -0.05) is 23.4 Å². The first kappa shape index (κ1) is 19.1. The van der Waals surface area contributed by atoms with E-state index in [-0.39, 0.29) is 5.75 Å². The van der Waals surface area contributed by atoms with Gasteiger partial charge in [0, 0.05) is 57.9 Å². The van der Waals surface area contributed by atoms with Gasteiger partial charge in [0.1, 0.15) is 12.0 Å². The Kier molecular flexibility index (Phi) is 6.59.